The Kier molecular flexibility index (Phi) is 4.16. The minimum absolute atomic E-state index is 0.000786. The quantitative estimate of drug-likeness (QED) is 0.909. The van der Waals surface area contributed by atoms with Crippen molar-refractivity contribution in [3.05, 3.63) is 48.0 Å². The van der Waals surface area contributed by atoms with Gasteiger partial charge >= 0.3 is 0 Å². The smallest absolute Gasteiger partial charge is 0.240 e. The fourth-order valence-electron chi connectivity index (χ4n) is 3.31. The average molecular weight is 296 g/mol. The van der Waals surface area contributed by atoms with Crippen LogP contribution in [0, 0.1) is 0 Å². The fourth-order valence-corrected chi connectivity index (χ4v) is 3.31. The molecule has 3 heteroatoms. The van der Waals surface area contributed by atoms with Gasteiger partial charge in [0.25, 0.3) is 0 Å². The molecule has 116 valence electrons. The van der Waals surface area contributed by atoms with Crippen molar-refractivity contribution in [1.82, 2.24) is 10.6 Å². The molecule has 0 spiro atoms. The van der Waals surface area contributed by atoms with Crippen LogP contribution >= 0.6 is 0 Å². The minimum atomic E-state index is -0.433. The summed E-state index contributed by atoms with van der Waals surface area (Å²) >= 11 is 0. The highest BCUT2D eigenvalue weighted by Crippen LogP contribution is 2.25. The molecule has 2 aromatic carbocycles. The third-order valence-corrected chi connectivity index (χ3v) is 4.76. The standard InChI is InChI=1S/C19H24N2O/c1-14(21-18(22)19(2)12-5-6-13-20-19)16-11-7-9-15-8-3-4-10-17(15)16/h3-4,7-11,14,20H,5-6,12-13H2,1-2H3,(H,21,22). The summed E-state index contributed by atoms with van der Waals surface area (Å²) in [7, 11) is 0. The Balaban J connectivity index is 1.81. The van der Waals surface area contributed by atoms with Crippen molar-refractivity contribution in [3.8, 4) is 0 Å². The van der Waals surface area contributed by atoms with Gasteiger partial charge in [0.15, 0.2) is 0 Å². The van der Waals surface area contributed by atoms with Crippen LogP contribution in [0.4, 0.5) is 0 Å². The van der Waals surface area contributed by atoms with E-state index in [1.807, 2.05) is 19.1 Å². The summed E-state index contributed by atoms with van der Waals surface area (Å²) < 4.78 is 0. The normalized spacial score (nSPS) is 23.2. The summed E-state index contributed by atoms with van der Waals surface area (Å²) in [6.45, 7) is 5.00. The lowest BCUT2D eigenvalue weighted by Gasteiger charge is -2.34. The number of hydrogen-bond donors (Lipinski definition) is 2. The van der Waals surface area contributed by atoms with Gasteiger partial charge in [-0.3, -0.25) is 4.79 Å². The molecule has 0 saturated carbocycles. The molecule has 1 aliphatic rings. The molecular formula is C19H24N2O. The van der Waals surface area contributed by atoms with Crippen LogP contribution in [0.15, 0.2) is 42.5 Å². The van der Waals surface area contributed by atoms with E-state index in [-0.39, 0.29) is 11.9 Å². The maximum absolute atomic E-state index is 12.7. The molecule has 1 fully saturated rings. The van der Waals surface area contributed by atoms with Crippen molar-refractivity contribution in [2.45, 2.75) is 44.7 Å². The molecule has 2 aromatic rings. The maximum Gasteiger partial charge on any atom is 0.240 e. The molecule has 3 nitrogen and oxygen atoms in total. The Morgan fingerprint density at radius 1 is 1.18 bits per heavy atom. The topological polar surface area (TPSA) is 41.1 Å². The Labute approximate surface area is 132 Å². The van der Waals surface area contributed by atoms with Crippen LogP contribution in [0.2, 0.25) is 0 Å². The molecule has 2 N–H and O–H groups in total. The van der Waals surface area contributed by atoms with E-state index in [1.165, 1.54) is 16.3 Å². The second-order valence-electron chi connectivity index (χ2n) is 6.48. The third-order valence-electron chi connectivity index (χ3n) is 4.76. The van der Waals surface area contributed by atoms with Crippen LogP contribution in [-0.4, -0.2) is 18.0 Å². The van der Waals surface area contributed by atoms with Crippen LogP contribution in [0.1, 0.15) is 44.7 Å². The number of piperidine rings is 1. The first-order valence-electron chi connectivity index (χ1n) is 8.14. The zero-order valence-electron chi connectivity index (χ0n) is 13.4. The van der Waals surface area contributed by atoms with Crippen LogP contribution in [0.5, 0.6) is 0 Å². The Hall–Kier alpha value is -1.87. The lowest BCUT2D eigenvalue weighted by Crippen LogP contribution is -2.57. The number of hydrogen-bond acceptors (Lipinski definition) is 2. The number of amides is 1. The lowest BCUT2D eigenvalue weighted by molar-refractivity contribution is -0.128. The summed E-state index contributed by atoms with van der Waals surface area (Å²) in [5, 5.41) is 8.99. The molecule has 2 unspecified atom stereocenters. The minimum Gasteiger partial charge on any atom is -0.348 e. The van der Waals surface area contributed by atoms with Crippen molar-refractivity contribution in [3.63, 3.8) is 0 Å². The summed E-state index contributed by atoms with van der Waals surface area (Å²) in [5.41, 5.74) is 0.739. The first kappa shape index (κ1) is 15.0. The molecule has 1 aliphatic heterocycles. The van der Waals surface area contributed by atoms with Crippen molar-refractivity contribution in [2.24, 2.45) is 0 Å². The van der Waals surface area contributed by atoms with E-state index in [0.29, 0.717) is 0 Å². The maximum atomic E-state index is 12.7. The largest absolute Gasteiger partial charge is 0.348 e. The summed E-state index contributed by atoms with van der Waals surface area (Å²) in [6.07, 6.45) is 3.17. The van der Waals surface area contributed by atoms with E-state index in [2.05, 4.69) is 47.9 Å². The van der Waals surface area contributed by atoms with Crippen molar-refractivity contribution in [1.29, 1.82) is 0 Å². The molecule has 0 aromatic heterocycles. The van der Waals surface area contributed by atoms with E-state index in [0.717, 1.165) is 25.8 Å². The number of fused-ring (bicyclic) bond motifs is 1. The molecule has 2 atom stereocenters. The highest BCUT2D eigenvalue weighted by Gasteiger charge is 2.34. The molecule has 1 heterocycles. The Bertz CT molecular complexity index is 669. The average Bonchev–Trinajstić information content (AvgIpc) is 2.55. The van der Waals surface area contributed by atoms with Gasteiger partial charge in [0, 0.05) is 0 Å². The summed E-state index contributed by atoms with van der Waals surface area (Å²) in [4.78, 5) is 12.7. The van der Waals surface area contributed by atoms with Crippen molar-refractivity contribution < 1.29 is 4.79 Å². The van der Waals surface area contributed by atoms with Gasteiger partial charge in [0.05, 0.1) is 11.6 Å². The van der Waals surface area contributed by atoms with E-state index in [9.17, 15) is 4.79 Å². The number of nitrogens with one attached hydrogen (secondary N) is 2. The molecular weight excluding hydrogens is 272 g/mol. The second kappa shape index (κ2) is 6.09. The molecule has 0 aliphatic carbocycles. The van der Waals surface area contributed by atoms with Gasteiger partial charge in [0.2, 0.25) is 5.91 Å². The molecule has 0 bridgehead atoms. The predicted octanol–water partition coefficient (Wildman–Crippen LogP) is 3.55. The molecule has 1 amide bonds. The first-order chi connectivity index (χ1) is 10.6. The molecule has 1 saturated heterocycles. The summed E-state index contributed by atoms with van der Waals surface area (Å²) in [5.74, 6) is 0.104. The number of carbonyl (C=O) groups is 1. The van der Waals surface area contributed by atoms with E-state index in [1.54, 1.807) is 0 Å². The molecule has 0 radical (unpaired) electrons. The number of carbonyl (C=O) groups excluding carboxylic acids is 1. The second-order valence-corrected chi connectivity index (χ2v) is 6.48. The van der Waals surface area contributed by atoms with Gasteiger partial charge in [0.1, 0.15) is 0 Å². The Morgan fingerprint density at radius 2 is 1.95 bits per heavy atom. The van der Waals surface area contributed by atoms with Crippen LogP contribution in [0.3, 0.4) is 0 Å². The van der Waals surface area contributed by atoms with Crippen LogP contribution in [-0.2, 0) is 4.79 Å². The number of benzene rings is 2. The highest BCUT2D eigenvalue weighted by atomic mass is 16.2. The molecule has 22 heavy (non-hydrogen) atoms. The zero-order valence-corrected chi connectivity index (χ0v) is 13.4. The van der Waals surface area contributed by atoms with Gasteiger partial charge in [-0.1, -0.05) is 42.5 Å². The first-order valence-corrected chi connectivity index (χ1v) is 8.14. The van der Waals surface area contributed by atoms with Gasteiger partial charge in [-0.15, -0.1) is 0 Å². The van der Waals surface area contributed by atoms with Crippen molar-refractivity contribution >= 4 is 16.7 Å². The zero-order chi connectivity index (χ0) is 15.6. The van der Waals surface area contributed by atoms with Gasteiger partial charge in [-0.2, -0.15) is 0 Å². The number of rotatable bonds is 3. The molecule has 3 rings (SSSR count). The predicted molar refractivity (Wildman–Crippen MR) is 90.8 cm³/mol. The van der Waals surface area contributed by atoms with Gasteiger partial charge in [-0.25, -0.2) is 0 Å². The van der Waals surface area contributed by atoms with E-state index >= 15 is 0 Å². The van der Waals surface area contributed by atoms with Crippen LogP contribution < -0.4 is 10.6 Å². The van der Waals surface area contributed by atoms with E-state index < -0.39 is 5.54 Å². The van der Waals surface area contributed by atoms with Crippen molar-refractivity contribution in [2.75, 3.05) is 6.54 Å². The highest BCUT2D eigenvalue weighted by molar-refractivity contribution is 5.89. The van der Waals surface area contributed by atoms with Gasteiger partial charge in [-0.05, 0) is 56.0 Å². The van der Waals surface area contributed by atoms with Gasteiger partial charge < -0.3 is 10.6 Å². The van der Waals surface area contributed by atoms with Crippen LogP contribution in [0.25, 0.3) is 10.8 Å². The Morgan fingerprint density at radius 3 is 2.73 bits per heavy atom. The third kappa shape index (κ3) is 2.86. The fraction of sp³-hybridized carbons (Fsp3) is 0.421. The lowest BCUT2D eigenvalue weighted by atomic mass is 9.89. The summed E-state index contributed by atoms with van der Waals surface area (Å²) in [6, 6.07) is 14.6. The SMILES string of the molecule is CC(NC(=O)C1(C)CCCCN1)c1cccc2ccccc12. The monoisotopic (exact) mass is 296 g/mol. The van der Waals surface area contributed by atoms with E-state index in [4.69, 9.17) is 0 Å².